The van der Waals surface area contributed by atoms with E-state index in [2.05, 4.69) is 24.0 Å². The Hall–Kier alpha value is -3.91. The molecule has 0 aliphatic heterocycles. The zero-order chi connectivity index (χ0) is 24.8. The third-order valence-corrected chi connectivity index (χ3v) is 6.54. The van der Waals surface area contributed by atoms with E-state index in [1.807, 2.05) is 24.3 Å². The van der Waals surface area contributed by atoms with Crippen LogP contribution in [-0.4, -0.2) is 37.2 Å². The normalized spacial score (nSPS) is 11.1. The molecule has 2 aromatic heterocycles. The van der Waals surface area contributed by atoms with Gasteiger partial charge in [-0.1, -0.05) is 30.4 Å². The van der Waals surface area contributed by atoms with E-state index in [9.17, 15) is 4.79 Å². The van der Waals surface area contributed by atoms with Crippen LogP contribution >= 0.6 is 11.3 Å². The fourth-order valence-corrected chi connectivity index (χ4v) is 4.67. The van der Waals surface area contributed by atoms with Gasteiger partial charge < -0.3 is 14.2 Å². The monoisotopic (exact) mass is 489 g/mol. The SMILES string of the molecule is CCc1ccc2nc(N(Cc3ccccn3)C(=O)/C=C/c3cc(OC)c(OC)c(OC)c3)sc2c1. The van der Waals surface area contributed by atoms with Gasteiger partial charge in [-0.3, -0.25) is 14.7 Å². The van der Waals surface area contributed by atoms with E-state index < -0.39 is 0 Å². The smallest absolute Gasteiger partial charge is 0.253 e. The van der Waals surface area contributed by atoms with Gasteiger partial charge in [-0.05, 0) is 60.0 Å². The Kier molecular flexibility index (Phi) is 7.62. The fraction of sp³-hybridized carbons (Fsp3) is 0.222. The van der Waals surface area contributed by atoms with Crippen LogP contribution in [0.25, 0.3) is 16.3 Å². The van der Waals surface area contributed by atoms with Crippen molar-refractivity contribution in [2.24, 2.45) is 0 Å². The Morgan fingerprint density at radius 3 is 2.43 bits per heavy atom. The van der Waals surface area contributed by atoms with Crippen molar-refractivity contribution in [1.29, 1.82) is 0 Å². The Labute approximate surface area is 208 Å². The summed E-state index contributed by atoms with van der Waals surface area (Å²) in [5.41, 5.74) is 3.62. The molecule has 0 radical (unpaired) electrons. The second-order valence-electron chi connectivity index (χ2n) is 7.69. The number of nitrogens with zero attached hydrogens (tertiary/aromatic N) is 3. The molecular weight excluding hydrogens is 462 g/mol. The Morgan fingerprint density at radius 2 is 1.80 bits per heavy atom. The lowest BCUT2D eigenvalue weighted by Gasteiger charge is -2.18. The van der Waals surface area contributed by atoms with Crippen LogP contribution in [-0.2, 0) is 17.8 Å². The molecule has 180 valence electrons. The van der Waals surface area contributed by atoms with Crippen LogP contribution in [0.4, 0.5) is 5.13 Å². The van der Waals surface area contributed by atoms with E-state index in [1.54, 1.807) is 50.6 Å². The number of aryl methyl sites for hydroxylation is 1. The molecule has 0 atom stereocenters. The third kappa shape index (κ3) is 5.44. The summed E-state index contributed by atoms with van der Waals surface area (Å²) < 4.78 is 17.3. The number of anilines is 1. The summed E-state index contributed by atoms with van der Waals surface area (Å²) in [6.07, 6.45) is 5.90. The number of methoxy groups -OCH3 is 3. The van der Waals surface area contributed by atoms with E-state index in [1.165, 1.54) is 23.0 Å². The number of aromatic nitrogens is 2. The first-order valence-corrected chi connectivity index (χ1v) is 12.0. The molecule has 1 amide bonds. The average Bonchev–Trinajstić information content (AvgIpc) is 3.33. The van der Waals surface area contributed by atoms with Crippen molar-refractivity contribution >= 4 is 38.7 Å². The number of ether oxygens (including phenoxy) is 3. The quantitative estimate of drug-likeness (QED) is 0.288. The Morgan fingerprint density at radius 1 is 1.03 bits per heavy atom. The first kappa shape index (κ1) is 24.2. The van der Waals surface area contributed by atoms with E-state index in [4.69, 9.17) is 19.2 Å². The fourth-order valence-electron chi connectivity index (χ4n) is 3.64. The van der Waals surface area contributed by atoms with Crippen molar-refractivity contribution in [3.8, 4) is 17.2 Å². The highest BCUT2D eigenvalue weighted by molar-refractivity contribution is 7.22. The zero-order valence-electron chi connectivity index (χ0n) is 20.1. The third-order valence-electron chi connectivity index (χ3n) is 5.50. The zero-order valence-corrected chi connectivity index (χ0v) is 21.0. The van der Waals surface area contributed by atoms with Crippen LogP contribution in [0.5, 0.6) is 17.2 Å². The molecule has 0 saturated heterocycles. The minimum absolute atomic E-state index is 0.209. The molecule has 35 heavy (non-hydrogen) atoms. The molecule has 2 aromatic carbocycles. The summed E-state index contributed by atoms with van der Waals surface area (Å²) in [6.45, 7) is 2.42. The van der Waals surface area contributed by atoms with Crippen molar-refractivity contribution in [3.63, 3.8) is 0 Å². The number of rotatable bonds is 9. The lowest BCUT2D eigenvalue weighted by Crippen LogP contribution is -2.29. The second-order valence-corrected chi connectivity index (χ2v) is 8.70. The highest BCUT2D eigenvalue weighted by Gasteiger charge is 2.20. The Balaban J connectivity index is 1.68. The van der Waals surface area contributed by atoms with E-state index in [0.29, 0.717) is 28.9 Å². The van der Waals surface area contributed by atoms with Crippen LogP contribution in [0.3, 0.4) is 0 Å². The maximum Gasteiger partial charge on any atom is 0.253 e. The summed E-state index contributed by atoms with van der Waals surface area (Å²) in [4.78, 5) is 24.2. The van der Waals surface area contributed by atoms with Gasteiger partial charge in [0, 0.05) is 12.3 Å². The molecule has 0 unspecified atom stereocenters. The Bertz CT molecular complexity index is 1330. The number of thiazole rings is 1. The molecule has 7 nitrogen and oxygen atoms in total. The standard InChI is InChI=1S/C27H27N3O4S/c1-5-18-9-11-21-24(16-18)35-27(29-21)30(17-20-8-6-7-13-28-20)25(31)12-10-19-14-22(32-2)26(34-4)23(15-19)33-3/h6-16H,5,17H2,1-4H3/b12-10+. The molecule has 0 saturated carbocycles. The number of carbonyl (C=O) groups excluding carboxylic acids is 1. The first-order chi connectivity index (χ1) is 17.1. The van der Waals surface area contributed by atoms with Crippen molar-refractivity contribution < 1.29 is 19.0 Å². The lowest BCUT2D eigenvalue weighted by molar-refractivity contribution is -0.114. The van der Waals surface area contributed by atoms with Gasteiger partial charge in [-0.15, -0.1) is 0 Å². The van der Waals surface area contributed by atoms with Crippen molar-refractivity contribution in [3.05, 3.63) is 77.6 Å². The highest BCUT2D eigenvalue weighted by atomic mass is 32.1. The van der Waals surface area contributed by atoms with Crippen LogP contribution in [0, 0.1) is 0 Å². The van der Waals surface area contributed by atoms with Crippen LogP contribution in [0.1, 0.15) is 23.7 Å². The molecule has 0 N–H and O–H groups in total. The van der Waals surface area contributed by atoms with Crippen LogP contribution in [0.15, 0.2) is 60.8 Å². The summed E-state index contributed by atoms with van der Waals surface area (Å²) in [5, 5.41) is 0.624. The minimum Gasteiger partial charge on any atom is -0.493 e. The summed E-state index contributed by atoms with van der Waals surface area (Å²) >= 11 is 1.50. The van der Waals surface area contributed by atoms with Gasteiger partial charge in [0.1, 0.15) is 0 Å². The lowest BCUT2D eigenvalue weighted by atomic mass is 10.1. The summed E-state index contributed by atoms with van der Waals surface area (Å²) in [6, 6.07) is 15.4. The number of benzene rings is 2. The summed E-state index contributed by atoms with van der Waals surface area (Å²) in [7, 11) is 4.67. The number of hydrogen-bond donors (Lipinski definition) is 0. The van der Waals surface area contributed by atoms with Crippen molar-refractivity contribution in [2.75, 3.05) is 26.2 Å². The van der Waals surface area contributed by atoms with Gasteiger partial charge in [-0.2, -0.15) is 0 Å². The molecule has 0 spiro atoms. The molecule has 0 aliphatic carbocycles. The molecule has 2 heterocycles. The maximum absolute atomic E-state index is 13.4. The van der Waals surface area contributed by atoms with Gasteiger partial charge in [0.05, 0.1) is 43.8 Å². The number of hydrogen-bond acceptors (Lipinski definition) is 7. The molecule has 4 rings (SSSR count). The van der Waals surface area contributed by atoms with Gasteiger partial charge in [0.25, 0.3) is 5.91 Å². The number of fused-ring (bicyclic) bond motifs is 1. The van der Waals surface area contributed by atoms with Crippen LogP contribution < -0.4 is 19.1 Å². The van der Waals surface area contributed by atoms with E-state index in [0.717, 1.165) is 27.9 Å². The predicted octanol–water partition coefficient (Wildman–Crippen LogP) is 5.53. The largest absolute Gasteiger partial charge is 0.493 e. The van der Waals surface area contributed by atoms with E-state index in [-0.39, 0.29) is 5.91 Å². The highest BCUT2D eigenvalue weighted by Crippen LogP contribution is 2.38. The van der Waals surface area contributed by atoms with Gasteiger partial charge in [0.2, 0.25) is 5.75 Å². The topological polar surface area (TPSA) is 73.8 Å². The van der Waals surface area contributed by atoms with Gasteiger partial charge in [0.15, 0.2) is 16.6 Å². The number of amides is 1. The minimum atomic E-state index is -0.209. The molecule has 8 heteroatoms. The number of carbonyl (C=O) groups is 1. The van der Waals surface area contributed by atoms with E-state index >= 15 is 0 Å². The maximum atomic E-state index is 13.4. The molecule has 0 bridgehead atoms. The van der Waals surface area contributed by atoms with Crippen molar-refractivity contribution in [1.82, 2.24) is 9.97 Å². The van der Waals surface area contributed by atoms with Crippen molar-refractivity contribution in [2.45, 2.75) is 19.9 Å². The predicted molar refractivity (Wildman–Crippen MR) is 140 cm³/mol. The average molecular weight is 490 g/mol. The second kappa shape index (κ2) is 11.0. The first-order valence-electron chi connectivity index (χ1n) is 11.1. The number of pyridine rings is 1. The molecular formula is C27H27N3O4S. The van der Waals surface area contributed by atoms with Gasteiger partial charge in [-0.25, -0.2) is 4.98 Å². The summed E-state index contributed by atoms with van der Waals surface area (Å²) in [5.74, 6) is 1.32. The van der Waals surface area contributed by atoms with Crippen LogP contribution in [0.2, 0.25) is 0 Å². The molecule has 0 aliphatic rings. The van der Waals surface area contributed by atoms with Gasteiger partial charge >= 0.3 is 0 Å². The molecule has 4 aromatic rings. The molecule has 0 fully saturated rings.